The highest BCUT2D eigenvalue weighted by Gasteiger charge is 2.19. The number of halogens is 2. The van der Waals surface area contributed by atoms with E-state index in [0.717, 1.165) is 0 Å². The van der Waals surface area contributed by atoms with Crippen LogP contribution in [0.4, 0.5) is 5.69 Å². The summed E-state index contributed by atoms with van der Waals surface area (Å²) in [6.45, 7) is 1.72. The first-order valence-electron chi connectivity index (χ1n) is 6.56. The van der Waals surface area contributed by atoms with E-state index in [2.05, 4.69) is 10.0 Å². The van der Waals surface area contributed by atoms with Crippen LogP contribution in [-0.2, 0) is 10.0 Å². The molecular weight excluding hydrogens is 359 g/mol. The number of benzene rings is 2. The third kappa shape index (κ3) is 3.77. The van der Waals surface area contributed by atoms with Gasteiger partial charge in [-0.1, -0.05) is 35.3 Å². The molecule has 0 atom stereocenters. The van der Waals surface area contributed by atoms with Gasteiger partial charge in [-0.05, 0) is 36.8 Å². The van der Waals surface area contributed by atoms with E-state index in [1.807, 2.05) is 0 Å². The highest BCUT2D eigenvalue weighted by atomic mass is 35.5. The van der Waals surface area contributed by atoms with Crippen molar-refractivity contribution in [3.05, 3.63) is 57.6 Å². The molecule has 8 heteroatoms. The van der Waals surface area contributed by atoms with E-state index < -0.39 is 10.0 Å². The molecule has 0 saturated heterocycles. The van der Waals surface area contributed by atoms with Gasteiger partial charge >= 0.3 is 0 Å². The smallest absolute Gasteiger partial charge is 0.261 e. The fraction of sp³-hybridized carbons (Fsp3) is 0.133. The van der Waals surface area contributed by atoms with Crippen LogP contribution in [0.1, 0.15) is 15.9 Å². The topological polar surface area (TPSA) is 75.3 Å². The zero-order chi connectivity index (χ0) is 17.2. The summed E-state index contributed by atoms with van der Waals surface area (Å²) in [5.74, 6) is -0.361. The van der Waals surface area contributed by atoms with Gasteiger partial charge in [0, 0.05) is 12.6 Å². The van der Waals surface area contributed by atoms with E-state index in [4.69, 9.17) is 23.2 Å². The van der Waals surface area contributed by atoms with E-state index >= 15 is 0 Å². The summed E-state index contributed by atoms with van der Waals surface area (Å²) in [5.41, 5.74) is 1.12. The van der Waals surface area contributed by atoms with Crippen LogP contribution in [0.15, 0.2) is 41.3 Å². The van der Waals surface area contributed by atoms with Crippen molar-refractivity contribution in [2.75, 3.05) is 11.8 Å². The average molecular weight is 373 g/mol. The average Bonchev–Trinajstić information content (AvgIpc) is 2.51. The lowest BCUT2D eigenvalue weighted by atomic mass is 10.1. The Balaban J connectivity index is 2.44. The minimum absolute atomic E-state index is 0.0438. The molecule has 2 N–H and O–H groups in total. The molecule has 2 aromatic carbocycles. The molecule has 0 heterocycles. The van der Waals surface area contributed by atoms with Crippen LogP contribution in [-0.4, -0.2) is 21.4 Å². The Morgan fingerprint density at radius 2 is 1.83 bits per heavy atom. The van der Waals surface area contributed by atoms with Gasteiger partial charge < -0.3 is 5.32 Å². The van der Waals surface area contributed by atoms with Gasteiger partial charge in [0.15, 0.2) is 0 Å². The van der Waals surface area contributed by atoms with E-state index in [1.54, 1.807) is 25.1 Å². The summed E-state index contributed by atoms with van der Waals surface area (Å²) in [6, 6.07) is 8.93. The van der Waals surface area contributed by atoms with Crippen LogP contribution in [0.3, 0.4) is 0 Å². The number of carbonyl (C=O) groups is 1. The van der Waals surface area contributed by atoms with Crippen LogP contribution in [0, 0.1) is 6.92 Å². The lowest BCUT2D eigenvalue weighted by molar-refractivity contribution is 0.0962. The summed E-state index contributed by atoms with van der Waals surface area (Å²) in [5, 5.41) is 2.82. The second-order valence-electron chi connectivity index (χ2n) is 4.76. The number of hydrogen-bond donors (Lipinski definition) is 2. The predicted octanol–water partition coefficient (Wildman–Crippen LogP) is 3.46. The SMILES string of the molecule is CNC(=O)c1cc(S(=O)(=O)Nc2cccc(Cl)c2Cl)ccc1C. The summed E-state index contributed by atoms with van der Waals surface area (Å²) >= 11 is 11.9. The monoisotopic (exact) mass is 372 g/mol. The maximum atomic E-state index is 12.5. The van der Waals surface area contributed by atoms with Crippen molar-refractivity contribution >= 4 is 44.8 Å². The second kappa shape index (κ2) is 6.78. The number of hydrogen-bond acceptors (Lipinski definition) is 3. The van der Waals surface area contributed by atoms with Crippen LogP contribution < -0.4 is 10.0 Å². The van der Waals surface area contributed by atoms with Gasteiger partial charge in [0.05, 0.1) is 20.6 Å². The summed E-state index contributed by atoms with van der Waals surface area (Å²) in [6.07, 6.45) is 0. The molecule has 0 aliphatic rings. The normalized spacial score (nSPS) is 11.1. The summed E-state index contributed by atoms with van der Waals surface area (Å²) in [4.78, 5) is 11.8. The van der Waals surface area contributed by atoms with Crippen molar-refractivity contribution in [1.29, 1.82) is 0 Å². The maximum absolute atomic E-state index is 12.5. The second-order valence-corrected chi connectivity index (χ2v) is 7.23. The molecule has 0 radical (unpaired) electrons. The molecule has 0 unspecified atom stereocenters. The molecule has 0 bridgehead atoms. The predicted molar refractivity (Wildman–Crippen MR) is 91.8 cm³/mol. The van der Waals surface area contributed by atoms with Gasteiger partial charge in [-0.25, -0.2) is 8.42 Å². The van der Waals surface area contributed by atoms with Crippen molar-refractivity contribution in [2.24, 2.45) is 0 Å². The van der Waals surface area contributed by atoms with Crippen molar-refractivity contribution in [1.82, 2.24) is 5.32 Å². The number of rotatable bonds is 4. The zero-order valence-electron chi connectivity index (χ0n) is 12.4. The van der Waals surface area contributed by atoms with Gasteiger partial charge in [-0.15, -0.1) is 0 Å². The Morgan fingerprint density at radius 3 is 2.48 bits per heavy atom. The van der Waals surface area contributed by atoms with Gasteiger partial charge in [-0.3, -0.25) is 9.52 Å². The maximum Gasteiger partial charge on any atom is 0.261 e. The zero-order valence-corrected chi connectivity index (χ0v) is 14.7. The first kappa shape index (κ1) is 17.6. The van der Waals surface area contributed by atoms with Gasteiger partial charge in [0.2, 0.25) is 0 Å². The largest absolute Gasteiger partial charge is 0.355 e. The highest BCUT2D eigenvalue weighted by Crippen LogP contribution is 2.31. The standard InChI is InChI=1S/C15H14Cl2N2O3S/c1-9-6-7-10(8-11(9)15(20)18-2)23(21,22)19-13-5-3-4-12(16)14(13)17/h3-8,19H,1-2H3,(H,18,20). The third-order valence-electron chi connectivity index (χ3n) is 3.19. The molecule has 0 aromatic heterocycles. The molecule has 0 saturated carbocycles. The first-order chi connectivity index (χ1) is 10.8. The third-order valence-corrected chi connectivity index (χ3v) is 5.37. The molecule has 2 aromatic rings. The van der Waals surface area contributed by atoms with E-state index in [9.17, 15) is 13.2 Å². The summed E-state index contributed by atoms with van der Waals surface area (Å²) < 4.78 is 27.4. The molecule has 0 spiro atoms. The van der Waals surface area contributed by atoms with E-state index in [0.29, 0.717) is 5.56 Å². The molecule has 122 valence electrons. The lowest BCUT2D eigenvalue weighted by Gasteiger charge is -2.12. The van der Waals surface area contributed by atoms with Crippen LogP contribution >= 0.6 is 23.2 Å². The first-order valence-corrected chi connectivity index (χ1v) is 8.79. The number of carbonyl (C=O) groups excluding carboxylic acids is 1. The number of anilines is 1. The van der Waals surface area contributed by atoms with Crippen LogP contribution in [0.5, 0.6) is 0 Å². The molecule has 1 amide bonds. The summed E-state index contributed by atoms with van der Waals surface area (Å²) in [7, 11) is -2.43. The van der Waals surface area contributed by atoms with E-state index in [1.165, 1.54) is 25.2 Å². The van der Waals surface area contributed by atoms with Crippen molar-refractivity contribution < 1.29 is 13.2 Å². The molecule has 2 rings (SSSR count). The van der Waals surface area contributed by atoms with Crippen molar-refractivity contribution in [3.8, 4) is 0 Å². The quantitative estimate of drug-likeness (QED) is 0.862. The molecule has 0 aliphatic heterocycles. The fourth-order valence-corrected chi connectivity index (χ4v) is 3.44. The molecule has 0 aliphatic carbocycles. The fourth-order valence-electron chi connectivity index (χ4n) is 1.93. The Morgan fingerprint density at radius 1 is 1.13 bits per heavy atom. The number of aryl methyl sites for hydroxylation is 1. The molecule has 5 nitrogen and oxygen atoms in total. The van der Waals surface area contributed by atoms with Gasteiger partial charge in [0.25, 0.3) is 15.9 Å². The van der Waals surface area contributed by atoms with E-state index in [-0.39, 0.29) is 32.1 Å². The van der Waals surface area contributed by atoms with Gasteiger partial charge in [0.1, 0.15) is 0 Å². The Labute approximate surface area is 144 Å². The lowest BCUT2D eigenvalue weighted by Crippen LogP contribution is -2.20. The van der Waals surface area contributed by atoms with Crippen molar-refractivity contribution in [2.45, 2.75) is 11.8 Å². The van der Waals surface area contributed by atoms with Crippen LogP contribution in [0.25, 0.3) is 0 Å². The minimum Gasteiger partial charge on any atom is -0.355 e. The minimum atomic E-state index is -3.91. The van der Waals surface area contributed by atoms with Gasteiger partial charge in [-0.2, -0.15) is 0 Å². The highest BCUT2D eigenvalue weighted by molar-refractivity contribution is 7.92. The van der Waals surface area contributed by atoms with Crippen LogP contribution in [0.2, 0.25) is 10.0 Å². The Hall–Kier alpha value is -1.76. The number of sulfonamides is 1. The molecule has 0 fully saturated rings. The molecule has 23 heavy (non-hydrogen) atoms. The number of nitrogens with one attached hydrogen (secondary N) is 2. The van der Waals surface area contributed by atoms with Crippen molar-refractivity contribution in [3.63, 3.8) is 0 Å². The number of amides is 1. The Bertz CT molecular complexity index is 867. The Kier molecular flexibility index (Phi) is 5.19. The molecular formula is C15H14Cl2N2O3S.